The largest absolute Gasteiger partial charge is 0.421 e. The van der Waals surface area contributed by atoms with Gasteiger partial charge in [-0.15, -0.1) is 10.2 Å². The highest BCUT2D eigenvalue weighted by Gasteiger charge is 2.06. The second-order valence-electron chi connectivity index (χ2n) is 4.84. The normalized spacial score (nSPS) is 11.3. The quantitative estimate of drug-likeness (QED) is 0.597. The van der Waals surface area contributed by atoms with Gasteiger partial charge >= 0.3 is 0 Å². The minimum absolute atomic E-state index is 0.343. The molecule has 0 aliphatic rings. The summed E-state index contributed by atoms with van der Waals surface area (Å²) in [7, 11) is 0. The van der Waals surface area contributed by atoms with Gasteiger partial charge in [0.25, 0.3) is 0 Å². The number of benzene rings is 2. The first-order valence-corrected chi connectivity index (χ1v) is 7.97. The van der Waals surface area contributed by atoms with Crippen LogP contribution in [0.3, 0.4) is 0 Å². The van der Waals surface area contributed by atoms with Crippen LogP contribution in [-0.2, 0) is 6.42 Å². The summed E-state index contributed by atoms with van der Waals surface area (Å²) in [6.07, 6.45) is 3.79. The molecule has 0 saturated carbocycles. The molecular formula is C17H11BrClFN2O. The van der Waals surface area contributed by atoms with E-state index in [9.17, 15) is 4.39 Å². The third kappa shape index (κ3) is 4.27. The van der Waals surface area contributed by atoms with E-state index in [4.69, 9.17) is 16.0 Å². The number of rotatable bonds is 4. The van der Waals surface area contributed by atoms with E-state index in [1.165, 1.54) is 18.2 Å². The molecular weight excluding hydrogens is 383 g/mol. The number of aromatic nitrogens is 2. The molecule has 3 rings (SSSR count). The third-order valence-electron chi connectivity index (χ3n) is 3.09. The smallest absolute Gasteiger partial charge is 0.240 e. The average molecular weight is 394 g/mol. The number of nitrogens with zero attached hydrogens (tertiary/aromatic N) is 2. The Morgan fingerprint density at radius 3 is 2.83 bits per heavy atom. The molecule has 0 unspecified atom stereocenters. The van der Waals surface area contributed by atoms with Gasteiger partial charge in [-0.05, 0) is 47.5 Å². The highest BCUT2D eigenvalue weighted by molar-refractivity contribution is 9.10. The molecule has 0 fully saturated rings. The van der Waals surface area contributed by atoms with Gasteiger partial charge in [-0.25, -0.2) is 4.39 Å². The molecule has 0 radical (unpaired) electrons. The second-order valence-corrected chi connectivity index (χ2v) is 6.16. The third-order valence-corrected chi connectivity index (χ3v) is 3.93. The summed E-state index contributed by atoms with van der Waals surface area (Å²) in [4.78, 5) is 0. The van der Waals surface area contributed by atoms with Crippen LogP contribution in [-0.4, -0.2) is 10.2 Å². The predicted octanol–water partition coefficient (Wildman–Crippen LogP) is 5.39. The molecule has 0 amide bonds. The van der Waals surface area contributed by atoms with Crippen molar-refractivity contribution >= 4 is 39.7 Å². The lowest BCUT2D eigenvalue weighted by Crippen LogP contribution is -1.87. The molecule has 0 atom stereocenters. The zero-order chi connectivity index (χ0) is 16.2. The van der Waals surface area contributed by atoms with Crippen LogP contribution >= 0.6 is 27.5 Å². The maximum Gasteiger partial charge on any atom is 0.240 e. The van der Waals surface area contributed by atoms with Crippen LogP contribution in [0, 0.1) is 5.82 Å². The SMILES string of the molecule is Fc1ccc(Cl)c(C=Cc2nnc(Cc3cccc(Br)c3)o2)c1. The number of hydrogen-bond donors (Lipinski definition) is 0. The first-order valence-electron chi connectivity index (χ1n) is 6.80. The summed E-state index contributed by atoms with van der Waals surface area (Å²) in [5.74, 6) is 0.498. The van der Waals surface area contributed by atoms with Crippen molar-refractivity contribution in [2.75, 3.05) is 0 Å². The minimum Gasteiger partial charge on any atom is -0.421 e. The van der Waals surface area contributed by atoms with Gasteiger partial charge in [-0.1, -0.05) is 39.7 Å². The molecule has 0 aliphatic carbocycles. The molecule has 3 aromatic rings. The summed E-state index contributed by atoms with van der Waals surface area (Å²) in [5.41, 5.74) is 1.62. The van der Waals surface area contributed by atoms with Crippen molar-refractivity contribution < 1.29 is 8.81 Å². The summed E-state index contributed by atoms with van der Waals surface area (Å²) in [6.45, 7) is 0. The molecule has 2 aromatic carbocycles. The molecule has 0 saturated heterocycles. The first kappa shape index (κ1) is 15.9. The van der Waals surface area contributed by atoms with E-state index in [-0.39, 0.29) is 5.82 Å². The Hall–Kier alpha value is -1.98. The fourth-order valence-corrected chi connectivity index (χ4v) is 2.66. The topological polar surface area (TPSA) is 38.9 Å². The van der Waals surface area contributed by atoms with Crippen molar-refractivity contribution in [3.05, 3.63) is 80.7 Å². The van der Waals surface area contributed by atoms with Crippen LogP contribution in [0.25, 0.3) is 12.2 Å². The monoisotopic (exact) mass is 392 g/mol. The lowest BCUT2D eigenvalue weighted by Gasteiger charge is -1.97. The first-order chi connectivity index (χ1) is 11.1. The zero-order valence-corrected chi connectivity index (χ0v) is 14.2. The van der Waals surface area contributed by atoms with Gasteiger partial charge in [0.2, 0.25) is 11.8 Å². The van der Waals surface area contributed by atoms with E-state index in [0.717, 1.165) is 10.0 Å². The fourth-order valence-electron chi connectivity index (χ4n) is 2.03. The van der Waals surface area contributed by atoms with Crippen molar-refractivity contribution in [1.82, 2.24) is 10.2 Å². The molecule has 0 aliphatic heterocycles. The van der Waals surface area contributed by atoms with Gasteiger partial charge < -0.3 is 4.42 Å². The van der Waals surface area contributed by atoms with Crippen molar-refractivity contribution in [2.45, 2.75) is 6.42 Å². The molecule has 1 heterocycles. The van der Waals surface area contributed by atoms with Gasteiger partial charge in [0, 0.05) is 15.6 Å². The van der Waals surface area contributed by atoms with Crippen molar-refractivity contribution in [3.8, 4) is 0 Å². The highest BCUT2D eigenvalue weighted by atomic mass is 79.9. The van der Waals surface area contributed by atoms with E-state index < -0.39 is 0 Å². The van der Waals surface area contributed by atoms with E-state index in [1.807, 2.05) is 24.3 Å². The maximum absolute atomic E-state index is 13.2. The summed E-state index contributed by atoms with van der Waals surface area (Å²) in [6, 6.07) is 12.0. The minimum atomic E-state index is -0.352. The highest BCUT2D eigenvalue weighted by Crippen LogP contribution is 2.20. The molecule has 1 aromatic heterocycles. The average Bonchev–Trinajstić information content (AvgIpc) is 2.96. The number of hydrogen-bond acceptors (Lipinski definition) is 3. The Morgan fingerprint density at radius 2 is 2.00 bits per heavy atom. The van der Waals surface area contributed by atoms with Crippen molar-refractivity contribution in [2.24, 2.45) is 0 Å². The standard InChI is InChI=1S/C17H11BrClFN2O/c18-13-3-1-2-11(8-13)9-17-22-21-16(23-17)7-4-12-10-14(20)5-6-15(12)19/h1-8,10H,9H2. The Morgan fingerprint density at radius 1 is 1.13 bits per heavy atom. The van der Waals surface area contributed by atoms with Gasteiger partial charge in [0.05, 0.1) is 6.42 Å². The van der Waals surface area contributed by atoms with E-state index in [0.29, 0.717) is 28.8 Å². The van der Waals surface area contributed by atoms with Gasteiger partial charge in [-0.2, -0.15) is 0 Å². The summed E-state index contributed by atoms with van der Waals surface area (Å²) < 4.78 is 19.8. The molecule has 0 spiro atoms. The van der Waals surface area contributed by atoms with Crippen LogP contribution in [0.1, 0.15) is 22.9 Å². The van der Waals surface area contributed by atoms with E-state index in [2.05, 4.69) is 26.1 Å². The Bertz CT molecular complexity index is 863. The van der Waals surface area contributed by atoms with E-state index >= 15 is 0 Å². The Kier molecular flexibility index (Phi) is 4.88. The van der Waals surface area contributed by atoms with Crippen LogP contribution in [0.2, 0.25) is 5.02 Å². The lowest BCUT2D eigenvalue weighted by atomic mass is 10.1. The van der Waals surface area contributed by atoms with Crippen LogP contribution < -0.4 is 0 Å². The van der Waals surface area contributed by atoms with Gasteiger partial charge in [0.1, 0.15) is 5.82 Å². The van der Waals surface area contributed by atoms with Crippen LogP contribution in [0.4, 0.5) is 4.39 Å². The van der Waals surface area contributed by atoms with Gasteiger partial charge in [0.15, 0.2) is 0 Å². The maximum atomic E-state index is 13.2. The number of halogens is 3. The van der Waals surface area contributed by atoms with Crippen LogP contribution in [0.5, 0.6) is 0 Å². The summed E-state index contributed by atoms with van der Waals surface area (Å²) in [5, 5.41) is 8.41. The molecule has 0 bridgehead atoms. The summed E-state index contributed by atoms with van der Waals surface area (Å²) >= 11 is 9.42. The second kappa shape index (κ2) is 7.06. The molecule has 6 heteroatoms. The molecule has 3 nitrogen and oxygen atoms in total. The fraction of sp³-hybridized carbons (Fsp3) is 0.0588. The van der Waals surface area contributed by atoms with Crippen molar-refractivity contribution in [1.29, 1.82) is 0 Å². The van der Waals surface area contributed by atoms with Crippen LogP contribution in [0.15, 0.2) is 51.4 Å². The molecule has 116 valence electrons. The predicted molar refractivity (Wildman–Crippen MR) is 91.6 cm³/mol. The molecule has 23 heavy (non-hydrogen) atoms. The van der Waals surface area contributed by atoms with E-state index in [1.54, 1.807) is 12.2 Å². The van der Waals surface area contributed by atoms with Crippen molar-refractivity contribution in [3.63, 3.8) is 0 Å². The lowest BCUT2D eigenvalue weighted by molar-refractivity contribution is 0.496. The Labute approximate surface area is 145 Å². The zero-order valence-electron chi connectivity index (χ0n) is 11.8. The molecule has 0 N–H and O–H groups in total. The Balaban J connectivity index is 1.74. The van der Waals surface area contributed by atoms with Gasteiger partial charge in [-0.3, -0.25) is 0 Å².